The molecule has 0 bridgehead atoms. The topological polar surface area (TPSA) is 69.6 Å². The average molecular weight is 329 g/mol. The number of hydrogen-bond acceptors (Lipinski definition) is 5. The van der Waals surface area contributed by atoms with E-state index < -0.39 is 0 Å². The molecule has 0 spiro atoms. The lowest BCUT2D eigenvalue weighted by Crippen LogP contribution is -2.50. The molecule has 2 amide bonds. The molecule has 128 valence electrons. The minimum absolute atomic E-state index is 0.0638. The summed E-state index contributed by atoms with van der Waals surface area (Å²) in [7, 11) is 0. The van der Waals surface area contributed by atoms with E-state index in [0.29, 0.717) is 13.1 Å². The third kappa shape index (κ3) is 2.95. The van der Waals surface area contributed by atoms with Crippen LogP contribution in [0.1, 0.15) is 19.3 Å². The number of likely N-dealkylation sites (tertiary alicyclic amines) is 1. The number of amides is 2. The Labute approximate surface area is 141 Å². The van der Waals surface area contributed by atoms with Crippen LogP contribution in [-0.4, -0.2) is 70.9 Å². The summed E-state index contributed by atoms with van der Waals surface area (Å²) in [6, 6.07) is 1.80. The first-order chi connectivity index (χ1) is 11.7. The molecule has 3 heterocycles. The summed E-state index contributed by atoms with van der Waals surface area (Å²) in [4.78, 5) is 39.5. The molecule has 1 aromatic heterocycles. The van der Waals surface area contributed by atoms with Crippen LogP contribution in [0.25, 0.3) is 0 Å². The van der Waals surface area contributed by atoms with Gasteiger partial charge in [0.25, 0.3) is 0 Å². The van der Waals surface area contributed by atoms with Gasteiger partial charge in [-0.1, -0.05) is 0 Å². The Morgan fingerprint density at radius 1 is 0.833 bits per heavy atom. The van der Waals surface area contributed by atoms with Crippen molar-refractivity contribution in [2.45, 2.75) is 19.3 Å². The highest BCUT2D eigenvalue weighted by Gasteiger charge is 2.51. The van der Waals surface area contributed by atoms with Crippen molar-refractivity contribution in [1.82, 2.24) is 19.8 Å². The van der Waals surface area contributed by atoms with Crippen LogP contribution in [0.2, 0.25) is 0 Å². The van der Waals surface area contributed by atoms with Crippen molar-refractivity contribution < 1.29 is 9.59 Å². The predicted molar refractivity (Wildman–Crippen MR) is 88.2 cm³/mol. The van der Waals surface area contributed by atoms with Crippen LogP contribution in [0.3, 0.4) is 0 Å². The summed E-state index contributed by atoms with van der Waals surface area (Å²) in [5.41, 5.74) is 0. The number of rotatable bonds is 3. The zero-order chi connectivity index (χ0) is 16.5. The lowest BCUT2D eigenvalue weighted by atomic mass is 10.2. The molecule has 3 fully saturated rings. The van der Waals surface area contributed by atoms with Crippen LogP contribution in [0, 0.1) is 11.8 Å². The zero-order valence-electron chi connectivity index (χ0n) is 13.8. The van der Waals surface area contributed by atoms with Gasteiger partial charge in [-0.3, -0.25) is 9.59 Å². The van der Waals surface area contributed by atoms with Crippen LogP contribution < -0.4 is 4.90 Å². The number of carbonyl (C=O) groups excluding carboxylic acids is 2. The Morgan fingerprint density at radius 3 is 1.96 bits per heavy atom. The SMILES string of the molecule is O=C(C1CC1C(=O)N1CCN(c2ncccn2)CC1)N1CCCC1. The van der Waals surface area contributed by atoms with Gasteiger partial charge in [-0.25, -0.2) is 9.97 Å². The van der Waals surface area contributed by atoms with Crippen molar-refractivity contribution in [1.29, 1.82) is 0 Å². The van der Waals surface area contributed by atoms with Gasteiger partial charge in [0.15, 0.2) is 0 Å². The van der Waals surface area contributed by atoms with E-state index in [9.17, 15) is 9.59 Å². The maximum atomic E-state index is 12.6. The highest BCUT2D eigenvalue weighted by atomic mass is 16.2. The van der Waals surface area contributed by atoms with Gasteiger partial charge in [0, 0.05) is 51.7 Å². The Hall–Kier alpha value is -2.18. The number of aromatic nitrogens is 2. The van der Waals surface area contributed by atoms with Gasteiger partial charge in [0.1, 0.15) is 0 Å². The molecule has 4 rings (SSSR count). The third-order valence-electron chi connectivity index (χ3n) is 5.27. The second-order valence-corrected chi connectivity index (χ2v) is 6.84. The summed E-state index contributed by atoms with van der Waals surface area (Å²) in [6.45, 7) is 4.58. The van der Waals surface area contributed by atoms with Gasteiger partial charge in [-0.2, -0.15) is 0 Å². The smallest absolute Gasteiger partial charge is 0.226 e. The first-order valence-electron chi connectivity index (χ1n) is 8.83. The first kappa shape index (κ1) is 15.4. The second kappa shape index (κ2) is 6.37. The van der Waals surface area contributed by atoms with E-state index in [4.69, 9.17) is 0 Å². The molecule has 2 atom stereocenters. The molecule has 7 nitrogen and oxygen atoms in total. The quantitative estimate of drug-likeness (QED) is 0.802. The molecule has 2 unspecified atom stereocenters. The van der Waals surface area contributed by atoms with Crippen LogP contribution in [0.4, 0.5) is 5.95 Å². The Bertz CT molecular complexity index is 609. The van der Waals surface area contributed by atoms with Gasteiger partial charge < -0.3 is 14.7 Å². The van der Waals surface area contributed by atoms with Crippen molar-refractivity contribution in [2.24, 2.45) is 11.8 Å². The summed E-state index contributed by atoms with van der Waals surface area (Å²) < 4.78 is 0. The zero-order valence-corrected chi connectivity index (χ0v) is 13.8. The third-order valence-corrected chi connectivity index (χ3v) is 5.27. The van der Waals surface area contributed by atoms with Crippen molar-refractivity contribution in [3.05, 3.63) is 18.5 Å². The molecule has 24 heavy (non-hydrogen) atoms. The van der Waals surface area contributed by atoms with Crippen LogP contribution in [0.5, 0.6) is 0 Å². The summed E-state index contributed by atoms with van der Waals surface area (Å²) in [6.07, 6.45) is 6.40. The van der Waals surface area contributed by atoms with Crippen LogP contribution in [0.15, 0.2) is 18.5 Å². The molecule has 2 saturated heterocycles. The van der Waals surface area contributed by atoms with Crippen molar-refractivity contribution in [3.8, 4) is 0 Å². The average Bonchev–Trinajstić information content (AvgIpc) is 3.25. The van der Waals surface area contributed by atoms with Crippen LogP contribution >= 0.6 is 0 Å². The summed E-state index contributed by atoms with van der Waals surface area (Å²) >= 11 is 0. The van der Waals surface area contributed by atoms with E-state index in [-0.39, 0.29) is 23.7 Å². The minimum atomic E-state index is -0.0855. The normalized spacial score (nSPS) is 26.6. The van der Waals surface area contributed by atoms with Gasteiger partial charge in [-0.15, -0.1) is 0 Å². The number of hydrogen-bond donors (Lipinski definition) is 0. The van der Waals surface area contributed by atoms with Crippen LogP contribution in [-0.2, 0) is 9.59 Å². The molecule has 3 aliphatic rings. The number of carbonyl (C=O) groups is 2. The highest BCUT2D eigenvalue weighted by molar-refractivity contribution is 5.92. The number of piperazine rings is 1. The second-order valence-electron chi connectivity index (χ2n) is 6.84. The van der Waals surface area contributed by atoms with E-state index in [2.05, 4.69) is 14.9 Å². The fraction of sp³-hybridized carbons (Fsp3) is 0.647. The lowest BCUT2D eigenvalue weighted by Gasteiger charge is -2.34. The molecule has 1 saturated carbocycles. The molecular formula is C17H23N5O2. The Balaban J connectivity index is 1.29. The fourth-order valence-electron chi connectivity index (χ4n) is 3.73. The fourth-order valence-corrected chi connectivity index (χ4v) is 3.73. The molecule has 2 aliphatic heterocycles. The number of nitrogens with zero attached hydrogens (tertiary/aromatic N) is 5. The van der Waals surface area contributed by atoms with Crippen molar-refractivity contribution in [3.63, 3.8) is 0 Å². The maximum Gasteiger partial charge on any atom is 0.226 e. The molecule has 0 aromatic carbocycles. The molecule has 0 radical (unpaired) electrons. The largest absolute Gasteiger partial charge is 0.342 e. The van der Waals surface area contributed by atoms with E-state index >= 15 is 0 Å². The van der Waals surface area contributed by atoms with Gasteiger partial charge in [0.05, 0.1) is 11.8 Å². The minimum Gasteiger partial charge on any atom is -0.342 e. The first-order valence-corrected chi connectivity index (χ1v) is 8.83. The molecule has 1 aliphatic carbocycles. The molecule has 1 aromatic rings. The van der Waals surface area contributed by atoms with E-state index in [0.717, 1.165) is 51.4 Å². The Kier molecular flexibility index (Phi) is 4.08. The molecule has 0 N–H and O–H groups in total. The standard InChI is InChI=1S/C17H23N5O2/c23-15(20-6-1-2-7-20)13-12-14(13)16(24)21-8-10-22(11-9-21)17-18-4-3-5-19-17/h3-5,13-14H,1-2,6-12H2. The summed E-state index contributed by atoms with van der Waals surface area (Å²) in [5, 5.41) is 0. The van der Waals surface area contributed by atoms with Gasteiger partial charge in [-0.05, 0) is 25.3 Å². The maximum absolute atomic E-state index is 12.6. The summed E-state index contributed by atoms with van der Waals surface area (Å²) in [5.74, 6) is 0.921. The van der Waals surface area contributed by atoms with Crippen molar-refractivity contribution >= 4 is 17.8 Å². The van der Waals surface area contributed by atoms with Gasteiger partial charge >= 0.3 is 0 Å². The highest BCUT2D eigenvalue weighted by Crippen LogP contribution is 2.42. The Morgan fingerprint density at radius 2 is 1.38 bits per heavy atom. The molecule has 7 heteroatoms. The number of anilines is 1. The predicted octanol–water partition coefficient (Wildman–Crippen LogP) is 0.384. The van der Waals surface area contributed by atoms with E-state index in [1.807, 2.05) is 9.80 Å². The van der Waals surface area contributed by atoms with Crippen molar-refractivity contribution in [2.75, 3.05) is 44.2 Å². The van der Waals surface area contributed by atoms with E-state index in [1.165, 1.54) is 0 Å². The monoisotopic (exact) mass is 329 g/mol. The van der Waals surface area contributed by atoms with E-state index in [1.54, 1.807) is 18.5 Å². The molecular weight excluding hydrogens is 306 g/mol. The van der Waals surface area contributed by atoms with Gasteiger partial charge in [0.2, 0.25) is 17.8 Å². The lowest BCUT2D eigenvalue weighted by molar-refractivity contribution is -0.137.